The van der Waals surface area contributed by atoms with Crippen LogP contribution >= 0.6 is 0 Å². The normalized spacial score (nSPS) is 11.8. The van der Waals surface area contributed by atoms with Gasteiger partial charge >= 0.3 is 0 Å². The van der Waals surface area contributed by atoms with Crippen molar-refractivity contribution < 1.29 is 5.11 Å². The lowest BCUT2D eigenvalue weighted by atomic mass is 10.2. The Morgan fingerprint density at radius 2 is 1.81 bits per heavy atom. The number of imidazole rings is 1. The van der Waals surface area contributed by atoms with Gasteiger partial charge in [-0.1, -0.05) is 24.3 Å². The first kappa shape index (κ1) is 13.4. The lowest BCUT2D eigenvalue weighted by molar-refractivity contribution is 0.474. The zero-order chi connectivity index (χ0) is 14.8. The standard InChI is InChI=1S/C17H17N3O/c1-12(2)20-15-9-5-4-8-14(15)19-17(20)18-11-13-7-3-6-10-16(13)21/h3-12,21H,1-2H3/b18-11+. The Morgan fingerprint density at radius 1 is 1.10 bits per heavy atom. The molecule has 21 heavy (non-hydrogen) atoms. The van der Waals surface area contributed by atoms with Crippen molar-refractivity contribution in [3.8, 4) is 5.75 Å². The summed E-state index contributed by atoms with van der Waals surface area (Å²) in [6.45, 7) is 4.21. The van der Waals surface area contributed by atoms with Gasteiger partial charge in [-0.2, -0.15) is 0 Å². The van der Waals surface area contributed by atoms with Crippen molar-refractivity contribution in [3.63, 3.8) is 0 Å². The summed E-state index contributed by atoms with van der Waals surface area (Å²) in [5.74, 6) is 0.864. The minimum absolute atomic E-state index is 0.216. The van der Waals surface area contributed by atoms with Gasteiger partial charge in [0.2, 0.25) is 5.95 Å². The predicted octanol–water partition coefficient (Wildman–Crippen LogP) is 4.07. The third-order valence-corrected chi connectivity index (χ3v) is 3.35. The number of phenolic OH excluding ortho intramolecular Hbond substituents is 1. The van der Waals surface area contributed by atoms with Crippen LogP contribution in [-0.4, -0.2) is 20.9 Å². The monoisotopic (exact) mass is 279 g/mol. The van der Waals surface area contributed by atoms with Crippen LogP contribution in [0.5, 0.6) is 5.75 Å². The first-order chi connectivity index (χ1) is 10.2. The number of benzene rings is 2. The topological polar surface area (TPSA) is 50.4 Å². The van der Waals surface area contributed by atoms with Gasteiger partial charge in [-0.05, 0) is 38.1 Å². The maximum absolute atomic E-state index is 9.79. The summed E-state index contributed by atoms with van der Waals surface area (Å²) >= 11 is 0. The van der Waals surface area contributed by atoms with E-state index in [2.05, 4.69) is 28.4 Å². The van der Waals surface area contributed by atoms with Crippen LogP contribution in [0.2, 0.25) is 0 Å². The van der Waals surface area contributed by atoms with Gasteiger partial charge in [0.15, 0.2) is 0 Å². The molecule has 0 fully saturated rings. The molecule has 0 bridgehead atoms. The fourth-order valence-corrected chi connectivity index (χ4v) is 2.36. The van der Waals surface area contributed by atoms with E-state index in [-0.39, 0.29) is 11.8 Å². The van der Waals surface area contributed by atoms with Crippen LogP contribution in [0.3, 0.4) is 0 Å². The number of aromatic hydroxyl groups is 1. The third kappa shape index (κ3) is 2.52. The molecule has 3 aromatic rings. The molecule has 0 atom stereocenters. The highest BCUT2D eigenvalue weighted by Gasteiger charge is 2.11. The molecule has 0 aliphatic heterocycles. The minimum Gasteiger partial charge on any atom is -0.507 e. The molecule has 4 nitrogen and oxygen atoms in total. The molecule has 106 valence electrons. The Kier molecular flexibility index (Phi) is 3.44. The summed E-state index contributed by atoms with van der Waals surface area (Å²) < 4.78 is 2.09. The molecule has 0 saturated heterocycles. The second-order valence-electron chi connectivity index (χ2n) is 5.18. The van der Waals surface area contributed by atoms with Gasteiger partial charge in [-0.25, -0.2) is 9.98 Å². The van der Waals surface area contributed by atoms with E-state index in [1.54, 1.807) is 18.3 Å². The smallest absolute Gasteiger partial charge is 0.230 e. The number of nitrogens with zero attached hydrogens (tertiary/aromatic N) is 3. The van der Waals surface area contributed by atoms with Crippen molar-refractivity contribution in [2.24, 2.45) is 4.99 Å². The quantitative estimate of drug-likeness (QED) is 0.735. The molecule has 1 heterocycles. The van der Waals surface area contributed by atoms with Gasteiger partial charge in [0.05, 0.1) is 11.0 Å². The van der Waals surface area contributed by atoms with Crippen LogP contribution in [0.15, 0.2) is 53.5 Å². The fourth-order valence-electron chi connectivity index (χ4n) is 2.36. The lowest BCUT2D eigenvalue weighted by Crippen LogP contribution is -1.99. The number of rotatable bonds is 3. The van der Waals surface area contributed by atoms with Crippen LogP contribution in [0.25, 0.3) is 11.0 Å². The molecular weight excluding hydrogens is 262 g/mol. The van der Waals surface area contributed by atoms with Crippen LogP contribution in [-0.2, 0) is 0 Å². The van der Waals surface area contributed by atoms with Crippen molar-refractivity contribution in [3.05, 3.63) is 54.1 Å². The Bertz CT molecular complexity index is 803. The second kappa shape index (κ2) is 5.40. The van der Waals surface area contributed by atoms with E-state index in [1.165, 1.54) is 0 Å². The molecular formula is C17H17N3O. The molecule has 0 amide bonds. The Labute approximate surface area is 123 Å². The summed E-state index contributed by atoms with van der Waals surface area (Å²) in [4.78, 5) is 9.02. The summed E-state index contributed by atoms with van der Waals surface area (Å²) in [6, 6.07) is 15.4. The van der Waals surface area contributed by atoms with Crippen LogP contribution in [0, 0.1) is 0 Å². The largest absolute Gasteiger partial charge is 0.507 e. The maximum atomic E-state index is 9.79. The molecule has 3 rings (SSSR count). The van der Waals surface area contributed by atoms with E-state index in [4.69, 9.17) is 0 Å². The van der Waals surface area contributed by atoms with Crippen molar-refractivity contribution in [2.45, 2.75) is 19.9 Å². The number of fused-ring (bicyclic) bond motifs is 1. The Hall–Kier alpha value is -2.62. The average Bonchev–Trinajstić information content (AvgIpc) is 2.85. The third-order valence-electron chi connectivity index (χ3n) is 3.35. The van der Waals surface area contributed by atoms with Crippen molar-refractivity contribution in [1.82, 2.24) is 9.55 Å². The van der Waals surface area contributed by atoms with Gasteiger partial charge in [0.25, 0.3) is 0 Å². The van der Waals surface area contributed by atoms with E-state index in [0.717, 1.165) is 11.0 Å². The minimum atomic E-state index is 0.216. The average molecular weight is 279 g/mol. The number of phenols is 1. The number of aliphatic imine (C=N–C) groups is 1. The highest BCUT2D eigenvalue weighted by atomic mass is 16.3. The molecule has 0 radical (unpaired) electrons. The molecule has 2 aromatic carbocycles. The van der Waals surface area contributed by atoms with E-state index in [1.807, 2.05) is 36.4 Å². The zero-order valence-corrected chi connectivity index (χ0v) is 12.1. The first-order valence-corrected chi connectivity index (χ1v) is 6.96. The van der Waals surface area contributed by atoms with Crippen LogP contribution < -0.4 is 0 Å². The Morgan fingerprint density at radius 3 is 2.57 bits per heavy atom. The number of hydrogen-bond acceptors (Lipinski definition) is 3. The van der Waals surface area contributed by atoms with Gasteiger partial charge in [-0.15, -0.1) is 0 Å². The summed E-state index contributed by atoms with van der Waals surface area (Å²) in [7, 11) is 0. The highest BCUT2D eigenvalue weighted by molar-refractivity contribution is 5.86. The predicted molar refractivity (Wildman–Crippen MR) is 85.5 cm³/mol. The second-order valence-corrected chi connectivity index (χ2v) is 5.18. The van der Waals surface area contributed by atoms with Gasteiger partial charge in [-0.3, -0.25) is 0 Å². The number of para-hydroxylation sites is 3. The summed E-state index contributed by atoms with van der Waals surface area (Å²) in [5.41, 5.74) is 2.67. The highest BCUT2D eigenvalue weighted by Crippen LogP contribution is 2.26. The molecule has 0 aliphatic rings. The SMILES string of the molecule is CC(C)n1c(/N=C/c2ccccc2O)nc2ccccc21. The van der Waals surface area contributed by atoms with Gasteiger partial charge in [0.1, 0.15) is 5.75 Å². The summed E-state index contributed by atoms with van der Waals surface area (Å²) in [5, 5.41) is 9.79. The lowest BCUT2D eigenvalue weighted by Gasteiger charge is -2.10. The zero-order valence-electron chi connectivity index (χ0n) is 12.1. The van der Waals surface area contributed by atoms with Crippen LogP contribution in [0.1, 0.15) is 25.5 Å². The van der Waals surface area contributed by atoms with Gasteiger partial charge < -0.3 is 9.67 Å². The van der Waals surface area contributed by atoms with Crippen LogP contribution in [0.4, 0.5) is 5.95 Å². The molecule has 0 saturated carbocycles. The van der Waals surface area contributed by atoms with Crippen molar-refractivity contribution in [2.75, 3.05) is 0 Å². The molecule has 0 aliphatic carbocycles. The van der Waals surface area contributed by atoms with E-state index in [9.17, 15) is 5.11 Å². The van der Waals surface area contributed by atoms with Crippen molar-refractivity contribution in [1.29, 1.82) is 0 Å². The molecule has 0 spiro atoms. The fraction of sp³-hybridized carbons (Fsp3) is 0.176. The van der Waals surface area contributed by atoms with E-state index < -0.39 is 0 Å². The van der Waals surface area contributed by atoms with E-state index in [0.29, 0.717) is 11.5 Å². The molecule has 4 heteroatoms. The molecule has 1 aromatic heterocycles. The van der Waals surface area contributed by atoms with E-state index >= 15 is 0 Å². The van der Waals surface area contributed by atoms with Crippen molar-refractivity contribution >= 4 is 23.2 Å². The summed E-state index contributed by atoms with van der Waals surface area (Å²) in [6.07, 6.45) is 1.65. The number of aromatic nitrogens is 2. The molecule has 1 N–H and O–H groups in total. The maximum Gasteiger partial charge on any atom is 0.230 e. The molecule has 0 unspecified atom stereocenters. The van der Waals surface area contributed by atoms with Gasteiger partial charge in [0, 0.05) is 17.8 Å². The number of hydrogen-bond donors (Lipinski definition) is 1. The Balaban J connectivity index is 2.08. The first-order valence-electron chi connectivity index (χ1n) is 6.96.